The highest BCUT2D eigenvalue weighted by Crippen LogP contribution is 2.33. The summed E-state index contributed by atoms with van der Waals surface area (Å²) in [6, 6.07) is 7.33. The third-order valence-corrected chi connectivity index (χ3v) is 9.66. The molecule has 0 saturated carbocycles. The summed E-state index contributed by atoms with van der Waals surface area (Å²) in [6.07, 6.45) is 2.74. The van der Waals surface area contributed by atoms with E-state index in [9.17, 15) is 37.3 Å². The number of hydrogen-bond acceptors (Lipinski definition) is 9. The van der Waals surface area contributed by atoms with E-state index < -0.39 is 32.5 Å². The zero-order valence-electron chi connectivity index (χ0n) is 21.7. The second kappa shape index (κ2) is 11.6. The lowest BCUT2D eigenvalue weighted by Crippen LogP contribution is -2.36. The molecule has 2 fully saturated rings. The summed E-state index contributed by atoms with van der Waals surface area (Å²) in [6.45, 7) is 0.195. The number of fused-ring (bicyclic) bond motifs is 3. The van der Waals surface area contributed by atoms with Crippen LogP contribution in [0.15, 0.2) is 46.3 Å². The van der Waals surface area contributed by atoms with Crippen molar-refractivity contribution in [2.24, 2.45) is 4.99 Å². The molecule has 14 heteroatoms. The monoisotopic (exact) mass is 599 g/mol. The van der Waals surface area contributed by atoms with E-state index in [1.54, 1.807) is 0 Å². The predicted octanol–water partition coefficient (Wildman–Crippen LogP) is 0.923. The molecule has 3 atom stereocenters. The van der Waals surface area contributed by atoms with Crippen LogP contribution in [0, 0.1) is 0 Å². The van der Waals surface area contributed by atoms with E-state index in [4.69, 9.17) is 0 Å². The lowest BCUT2D eigenvalue weighted by molar-refractivity contribution is -0.219. The fraction of sp³-hybridized carbons (Fsp3) is 0.370. The Kier molecular flexibility index (Phi) is 8.16. The zero-order chi connectivity index (χ0) is 29.3. The molecule has 0 unspecified atom stereocenters. The maximum Gasteiger partial charge on any atom is 0.315 e. The van der Waals surface area contributed by atoms with E-state index in [0.717, 1.165) is 36.8 Å². The topological polar surface area (TPSA) is 194 Å². The molecule has 0 radical (unpaired) electrons. The van der Waals surface area contributed by atoms with Crippen molar-refractivity contribution < 1.29 is 37.3 Å². The lowest BCUT2D eigenvalue weighted by atomic mass is 9.83. The van der Waals surface area contributed by atoms with Crippen molar-refractivity contribution in [1.29, 1.82) is 0 Å². The van der Waals surface area contributed by atoms with Crippen LogP contribution in [0.5, 0.6) is 0 Å². The maximum atomic E-state index is 13.0. The number of aliphatic imine (C=N–C) groups is 1. The minimum atomic E-state index is -4.56. The zero-order valence-corrected chi connectivity index (χ0v) is 23.3. The SMILES string of the molecule is O=C1N[C@H]2[C@H](CS[C@H]2CCCCC([O-])=NCCNC(=O)c2ccc3c(c2)C(=O)c2ccc(S(=O)(=O)O)cc2C3=O)N1. The molecule has 0 spiro atoms. The molecular weight excluding hydrogens is 572 g/mol. The molecule has 2 aromatic carbocycles. The van der Waals surface area contributed by atoms with Crippen molar-refractivity contribution >= 4 is 51.3 Å². The normalized spacial score (nSPS) is 21.5. The number of unbranched alkanes of at least 4 members (excludes halogenated alkanes) is 1. The average Bonchev–Trinajstić information content (AvgIpc) is 3.50. The van der Waals surface area contributed by atoms with Crippen LogP contribution in [0.3, 0.4) is 0 Å². The van der Waals surface area contributed by atoms with Crippen LogP contribution in [0.1, 0.15) is 67.9 Å². The molecule has 3 aliphatic rings. The first-order valence-electron chi connectivity index (χ1n) is 13.0. The molecule has 12 nitrogen and oxygen atoms in total. The van der Waals surface area contributed by atoms with Crippen LogP contribution in [-0.2, 0) is 10.1 Å². The molecule has 4 N–H and O–H groups in total. The number of rotatable bonds is 10. The molecule has 3 amide bonds. The Hall–Kier alpha value is -3.75. The van der Waals surface area contributed by atoms with Gasteiger partial charge in [0.15, 0.2) is 11.6 Å². The van der Waals surface area contributed by atoms with Crippen molar-refractivity contribution in [1.82, 2.24) is 16.0 Å². The molecule has 1 aliphatic carbocycles. The van der Waals surface area contributed by atoms with Crippen LogP contribution in [0.25, 0.3) is 0 Å². The number of nitrogens with zero attached hydrogens (tertiary/aromatic N) is 1. The van der Waals surface area contributed by atoms with E-state index in [1.807, 2.05) is 11.8 Å². The highest BCUT2D eigenvalue weighted by molar-refractivity contribution is 8.00. The number of benzene rings is 2. The predicted molar refractivity (Wildman–Crippen MR) is 148 cm³/mol. The summed E-state index contributed by atoms with van der Waals surface area (Å²) < 4.78 is 32.1. The van der Waals surface area contributed by atoms with E-state index >= 15 is 0 Å². The number of carbonyl (C=O) groups is 4. The molecule has 0 aromatic heterocycles. The second-order valence-corrected chi connectivity index (χ2v) is 12.7. The van der Waals surface area contributed by atoms with Crippen molar-refractivity contribution in [3.05, 3.63) is 64.2 Å². The van der Waals surface area contributed by atoms with Gasteiger partial charge in [-0.1, -0.05) is 6.42 Å². The fourth-order valence-electron chi connectivity index (χ4n) is 5.23. The third kappa shape index (κ3) is 6.14. The molecule has 5 rings (SSSR count). The summed E-state index contributed by atoms with van der Waals surface area (Å²) in [7, 11) is -4.56. The van der Waals surface area contributed by atoms with Crippen LogP contribution >= 0.6 is 11.8 Å². The minimum absolute atomic E-state index is 0.00715. The van der Waals surface area contributed by atoms with E-state index in [-0.39, 0.29) is 64.9 Å². The van der Waals surface area contributed by atoms with Gasteiger partial charge in [-0.2, -0.15) is 20.2 Å². The number of thioether (sulfide) groups is 1. The summed E-state index contributed by atoms with van der Waals surface area (Å²) in [5, 5.41) is 21.0. The van der Waals surface area contributed by atoms with Crippen LogP contribution in [-0.4, -0.2) is 78.5 Å². The standard InChI is InChI=1S/C27H28N4O8S2/c32-22(4-2-1-3-21-23-20(13-40-21)30-27(36)31-23)28-9-10-29-26(35)14-5-7-16-18(11-14)24(33)17-8-6-15(41(37,38)39)12-19(17)25(16)34/h5-8,11-12,20-21,23H,1-4,9-10,13H2,(H,28,32)(H,29,35)(H2,30,31,36)(H,37,38,39)/p-1/t20-,21-,23-/m0/s1. The quantitative estimate of drug-likeness (QED) is 0.0862. The number of amides is 3. The summed E-state index contributed by atoms with van der Waals surface area (Å²) in [5.41, 5.74) is -0.0178. The van der Waals surface area contributed by atoms with E-state index in [2.05, 4.69) is 20.9 Å². The number of nitrogens with one attached hydrogen (secondary N) is 3. The van der Waals surface area contributed by atoms with Gasteiger partial charge in [0.25, 0.3) is 16.0 Å². The lowest BCUT2D eigenvalue weighted by Gasteiger charge is -2.18. The van der Waals surface area contributed by atoms with Gasteiger partial charge in [-0.25, -0.2) is 4.79 Å². The van der Waals surface area contributed by atoms with Gasteiger partial charge in [-0.3, -0.25) is 18.9 Å². The minimum Gasteiger partial charge on any atom is -0.862 e. The van der Waals surface area contributed by atoms with Gasteiger partial charge >= 0.3 is 6.03 Å². The maximum absolute atomic E-state index is 13.0. The number of ketones is 2. The summed E-state index contributed by atoms with van der Waals surface area (Å²) >= 11 is 1.83. The van der Waals surface area contributed by atoms with Crippen molar-refractivity contribution in [3.63, 3.8) is 0 Å². The Morgan fingerprint density at radius 1 is 1.02 bits per heavy atom. The van der Waals surface area contributed by atoms with Gasteiger partial charge in [0, 0.05) is 45.4 Å². The highest BCUT2D eigenvalue weighted by atomic mass is 32.2. The van der Waals surface area contributed by atoms with E-state index in [0.29, 0.717) is 18.1 Å². The van der Waals surface area contributed by atoms with Crippen molar-refractivity contribution in [2.45, 2.75) is 47.9 Å². The van der Waals surface area contributed by atoms with Crippen LogP contribution in [0.4, 0.5) is 4.79 Å². The molecule has 216 valence electrons. The Labute approximate surface area is 240 Å². The number of urea groups is 1. The highest BCUT2D eigenvalue weighted by Gasteiger charge is 2.42. The van der Waals surface area contributed by atoms with Crippen molar-refractivity contribution in [2.75, 3.05) is 18.8 Å². The first-order chi connectivity index (χ1) is 19.5. The second-order valence-electron chi connectivity index (χ2n) is 10.0. The summed E-state index contributed by atoms with van der Waals surface area (Å²) in [5.74, 6) is -1.02. The number of hydrogen-bond donors (Lipinski definition) is 4. The van der Waals surface area contributed by atoms with Gasteiger partial charge in [0.2, 0.25) is 0 Å². The van der Waals surface area contributed by atoms with Crippen LogP contribution in [0.2, 0.25) is 0 Å². The van der Waals surface area contributed by atoms with Gasteiger partial charge in [0.05, 0.1) is 23.5 Å². The van der Waals surface area contributed by atoms with Gasteiger partial charge in [0.1, 0.15) is 0 Å². The molecule has 2 saturated heterocycles. The van der Waals surface area contributed by atoms with Crippen molar-refractivity contribution in [3.8, 4) is 0 Å². The fourth-order valence-corrected chi connectivity index (χ4v) is 7.28. The smallest absolute Gasteiger partial charge is 0.315 e. The molecule has 41 heavy (non-hydrogen) atoms. The Morgan fingerprint density at radius 3 is 2.46 bits per heavy atom. The molecule has 2 heterocycles. The summed E-state index contributed by atoms with van der Waals surface area (Å²) in [4.78, 5) is 53.5. The van der Waals surface area contributed by atoms with Gasteiger partial charge in [-0.15, -0.1) is 0 Å². The Balaban J connectivity index is 1.10. The molecule has 2 aliphatic heterocycles. The molecular formula is C27H27N4O8S2-. The largest absolute Gasteiger partial charge is 0.862 e. The molecule has 2 aromatic rings. The van der Waals surface area contributed by atoms with Crippen LogP contribution < -0.4 is 21.1 Å². The molecule has 0 bridgehead atoms. The van der Waals surface area contributed by atoms with Gasteiger partial charge in [-0.05, 0) is 61.6 Å². The Bertz CT molecular complexity index is 1570. The first kappa shape index (κ1) is 28.8. The first-order valence-corrected chi connectivity index (χ1v) is 15.5. The van der Waals surface area contributed by atoms with E-state index in [1.165, 1.54) is 18.2 Å². The van der Waals surface area contributed by atoms with Gasteiger partial charge < -0.3 is 26.0 Å². The average molecular weight is 600 g/mol. The Morgan fingerprint density at radius 2 is 1.73 bits per heavy atom. The third-order valence-electron chi connectivity index (χ3n) is 7.30. The number of carbonyl (C=O) groups excluding carboxylic acids is 4.